The predicted octanol–water partition coefficient (Wildman–Crippen LogP) is 6.51. The Kier molecular flexibility index (Phi) is 5.26. The number of rotatable bonds is 5. The van der Waals surface area contributed by atoms with Crippen molar-refractivity contribution >= 4 is 17.4 Å². The molecule has 28 heavy (non-hydrogen) atoms. The standard InChI is InChI=1S/C27H20O/c28-27(23-16-8-3-9-17-23)25-19-11-10-18-24(25)20-26(21-12-4-1-5-13-21)22-14-6-2-7-15-22/h1-20H. The number of carbonyl (C=O) groups excluding carboxylic acids is 1. The summed E-state index contributed by atoms with van der Waals surface area (Å²) in [7, 11) is 0. The zero-order valence-corrected chi connectivity index (χ0v) is 15.5. The maximum Gasteiger partial charge on any atom is 0.193 e. The minimum atomic E-state index is 0.0351. The Hall–Kier alpha value is -3.71. The Labute approximate surface area is 165 Å². The number of ketones is 1. The van der Waals surface area contributed by atoms with Crippen LogP contribution in [0.4, 0.5) is 0 Å². The summed E-state index contributed by atoms with van der Waals surface area (Å²) in [4.78, 5) is 13.1. The second kappa shape index (κ2) is 8.32. The summed E-state index contributed by atoms with van der Waals surface area (Å²) in [6.45, 7) is 0. The molecule has 0 N–H and O–H groups in total. The maximum atomic E-state index is 13.1. The van der Waals surface area contributed by atoms with Gasteiger partial charge in [-0.05, 0) is 28.3 Å². The first kappa shape index (κ1) is 17.7. The van der Waals surface area contributed by atoms with Crippen LogP contribution >= 0.6 is 0 Å². The van der Waals surface area contributed by atoms with Crippen molar-refractivity contribution in [3.8, 4) is 0 Å². The zero-order valence-electron chi connectivity index (χ0n) is 15.5. The quantitative estimate of drug-likeness (QED) is 0.293. The average molecular weight is 360 g/mol. The highest BCUT2D eigenvalue weighted by Gasteiger charge is 2.13. The molecule has 0 aromatic heterocycles. The van der Waals surface area contributed by atoms with E-state index < -0.39 is 0 Å². The highest BCUT2D eigenvalue weighted by molar-refractivity contribution is 6.12. The molecule has 0 aliphatic heterocycles. The predicted molar refractivity (Wildman–Crippen MR) is 116 cm³/mol. The van der Waals surface area contributed by atoms with Gasteiger partial charge in [-0.2, -0.15) is 0 Å². The van der Waals surface area contributed by atoms with Gasteiger partial charge in [0.2, 0.25) is 0 Å². The van der Waals surface area contributed by atoms with Crippen LogP contribution in [0.3, 0.4) is 0 Å². The molecule has 1 nitrogen and oxygen atoms in total. The van der Waals surface area contributed by atoms with Crippen LogP contribution in [0.1, 0.15) is 32.6 Å². The second-order valence-electron chi connectivity index (χ2n) is 6.57. The van der Waals surface area contributed by atoms with Crippen LogP contribution < -0.4 is 0 Å². The lowest BCUT2D eigenvalue weighted by molar-refractivity contribution is 0.103. The highest BCUT2D eigenvalue weighted by atomic mass is 16.1. The van der Waals surface area contributed by atoms with Crippen LogP contribution in [-0.4, -0.2) is 5.78 Å². The Morgan fingerprint density at radius 2 is 0.929 bits per heavy atom. The monoisotopic (exact) mass is 360 g/mol. The topological polar surface area (TPSA) is 17.1 Å². The molecule has 0 unspecified atom stereocenters. The van der Waals surface area contributed by atoms with Gasteiger partial charge in [0.15, 0.2) is 5.78 Å². The van der Waals surface area contributed by atoms with Crippen molar-refractivity contribution in [2.75, 3.05) is 0 Å². The molecule has 0 aliphatic carbocycles. The smallest absolute Gasteiger partial charge is 0.193 e. The fourth-order valence-electron chi connectivity index (χ4n) is 3.30. The lowest BCUT2D eigenvalue weighted by Gasteiger charge is -2.11. The van der Waals surface area contributed by atoms with E-state index in [1.807, 2.05) is 91.0 Å². The van der Waals surface area contributed by atoms with Crippen LogP contribution in [0.5, 0.6) is 0 Å². The summed E-state index contributed by atoms with van der Waals surface area (Å²) in [6.07, 6.45) is 2.11. The van der Waals surface area contributed by atoms with E-state index >= 15 is 0 Å². The van der Waals surface area contributed by atoms with Gasteiger partial charge in [-0.1, -0.05) is 115 Å². The summed E-state index contributed by atoms with van der Waals surface area (Å²) in [5.41, 5.74) is 5.65. The Bertz CT molecular complexity index is 1050. The number of carbonyl (C=O) groups is 1. The summed E-state index contributed by atoms with van der Waals surface area (Å²) < 4.78 is 0. The number of hydrogen-bond acceptors (Lipinski definition) is 1. The van der Waals surface area contributed by atoms with Crippen LogP contribution in [0.15, 0.2) is 115 Å². The average Bonchev–Trinajstić information content (AvgIpc) is 2.79. The molecule has 0 aliphatic rings. The number of hydrogen-bond donors (Lipinski definition) is 0. The lowest BCUT2D eigenvalue weighted by atomic mass is 9.92. The molecule has 0 saturated carbocycles. The molecule has 1 heteroatoms. The normalized spacial score (nSPS) is 10.3. The lowest BCUT2D eigenvalue weighted by Crippen LogP contribution is -2.03. The zero-order chi connectivity index (χ0) is 19.2. The SMILES string of the molecule is O=C(c1ccccc1)c1ccccc1C=C(c1ccccc1)c1ccccc1. The Morgan fingerprint density at radius 1 is 0.500 bits per heavy atom. The molecule has 0 atom stereocenters. The summed E-state index contributed by atoms with van der Waals surface area (Å²) in [5.74, 6) is 0.0351. The van der Waals surface area contributed by atoms with Gasteiger partial charge in [-0.3, -0.25) is 4.79 Å². The van der Waals surface area contributed by atoms with Crippen LogP contribution in [-0.2, 0) is 0 Å². The van der Waals surface area contributed by atoms with E-state index in [0.717, 1.165) is 22.3 Å². The van der Waals surface area contributed by atoms with E-state index in [1.165, 1.54) is 0 Å². The third-order valence-corrected chi connectivity index (χ3v) is 4.71. The van der Waals surface area contributed by atoms with Gasteiger partial charge < -0.3 is 0 Å². The first-order chi connectivity index (χ1) is 13.8. The van der Waals surface area contributed by atoms with Gasteiger partial charge in [0.1, 0.15) is 0 Å². The van der Waals surface area contributed by atoms with Crippen molar-refractivity contribution in [3.05, 3.63) is 143 Å². The van der Waals surface area contributed by atoms with Gasteiger partial charge >= 0.3 is 0 Å². The molecule has 0 radical (unpaired) electrons. The van der Waals surface area contributed by atoms with Gasteiger partial charge in [0.05, 0.1) is 0 Å². The van der Waals surface area contributed by atoms with Crippen molar-refractivity contribution < 1.29 is 4.79 Å². The molecular weight excluding hydrogens is 340 g/mol. The van der Waals surface area contributed by atoms with Crippen molar-refractivity contribution in [3.63, 3.8) is 0 Å². The highest BCUT2D eigenvalue weighted by Crippen LogP contribution is 2.27. The molecule has 0 amide bonds. The van der Waals surface area contributed by atoms with E-state index in [4.69, 9.17) is 0 Å². The van der Waals surface area contributed by atoms with Crippen LogP contribution in [0.2, 0.25) is 0 Å². The van der Waals surface area contributed by atoms with Gasteiger partial charge in [-0.15, -0.1) is 0 Å². The Balaban J connectivity index is 1.85. The van der Waals surface area contributed by atoms with Crippen LogP contribution in [0.25, 0.3) is 11.6 Å². The van der Waals surface area contributed by atoms with Crippen molar-refractivity contribution in [2.24, 2.45) is 0 Å². The molecule has 0 spiro atoms. The van der Waals surface area contributed by atoms with Gasteiger partial charge in [-0.25, -0.2) is 0 Å². The van der Waals surface area contributed by atoms with E-state index in [-0.39, 0.29) is 5.78 Å². The molecule has 0 saturated heterocycles. The largest absolute Gasteiger partial charge is 0.289 e. The second-order valence-corrected chi connectivity index (χ2v) is 6.57. The molecule has 0 fully saturated rings. The minimum Gasteiger partial charge on any atom is -0.289 e. The third kappa shape index (κ3) is 3.84. The molecular formula is C27H20O. The fraction of sp³-hybridized carbons (Fsp3) is 0. The van der Waals surface area contributed by atoms with Crippen molar-refractivity contribution in [1.82, 2.24) is 0 Å². The third-order valence-electron chi connectivity index (χ3n) is 4.71. The molecule has 4 aromatic carbocycles. The van der Waals surface area contributed by atoms with Gasteiger partial charge in [0, 0.05) is 11.1 Å². The van der Waals surface area contributed by atoms with E-state index in [0.29, 0.717) is 11.1 Å². The van der Waals surface area contributed by atoms with E-state index in [9.17, 15) is 4.79 Å². The number of benzene rings is 4. The van der Waals surface area contributed by atoms with E-state index in [1.54, 1.807) is 0 Å². The summed E-state index contributed by atoms with van der Waals surface area (Å²) in [5, 5.41) is 0. The van der Waals surface area contributed by atoms with Crippen LogP contribution in [0, 0.1) is 0 Å². The van der Waals surface area contributed by atoms with Crippen molar-refractivity contribution in [2.45, 2.75) is 0 Å². The molecule has 0 heterocycles. The van der Waals surface area contributed by atoms with E-state index in [2.05, 4.69) is 30.3 Å². The molecule has 4 rings (SSSR count). The first-order valence-corrected chi connectivity index (χ1v) is 9.34. The first-order valence-electron chi connectivity index (χ1n) is 9.34. The molecule has 0 bridgehead atoms. The minimum absolute atomic E-state index is 0.0351. The fourth-order valence-corrected chi connectivity index (χ4v) is 3.30. The summed E-state index contributed by atoms with van der Waals surface area (Å²) >= 11 is 0. The molecule has 134 valence electrons. The van der Waals surface area contributed by atoms with Gasteiger partial charge in [0.25, 0.3) is 0 Å². The summed E-state index contributed by atoms with van der Waals surface area (Å²) in [6, 6.07) is 37.8. The Morgan fingerprint density at radius 3 is 1.46 bits per heavy atom. The molecule has 4 aromatic rings. The van der Waals surface area contributed by atoms with Crippen molar-refractivity contribution in [1.29, 1.82) is 0 Å². The maximum absolute atomic E-state index is 13.1.